The molecule has 1 aromatic carbocycles. The van der Waals surface area contributed by atoms with E-state index < -0.39 is 0 Å². The minimum atomic E-state index is -0.115. The first kappa shape index (κ1) is 16.5. The van der Waals surface area contributed by atoms with E-state index in [0.717, 1.165) is 25.0 Å². The van der Waals surface area contributed by atoms with E-state index in [9.17, 15) is 9.59 Å². The first-order chi connectivity index (χ1) is 10.7. The number of benzene rings is 1. The van der Waals surface area contributed by atoms with Gasteiger partial charge in [-0.25, -0.2) is 0 Å². The predicted octanol–water partition coefficient (Wildman–Crippen LogP) is 1.72. The van der Waals surface area contributed by atoms with E-state index in [4.69, 9.17) is 4.74 Å². The van der Waals surface area contributed by atoms with E-state index in [1.54, 1.807) is 4.90 Å². The molecule has 120 valence electrons. The van der Waals surface area contributed by atoms with Gasteiger partial charge in [-0.1, -0.05) is 30.3 Å². The molecule has 1 heterocycles. The average molecular weight is 304 g/mol. The summed E-state index contributed by atoms with van der Waals surface area (Å²) in [5, 5.41) is 2.70. The summed E-state index contributed by atoms with van der Waals surface area (Å²) in [5.74, 6) is -0.178. The SMILES string of the molecule is CCN(Cc1ccccc1)C(=O)CNC(=O)C[C@H]1CCCO1. The largest absolute Gasteiger partial charge is 0.378 e. The number of ether oxygens (including phenoxy) is 1. The Morgan fingerprint density at radius 1 is 1.32 bits per heavy atom. The minimum Gasteiger partial charge on any atom is -0.378 e. The summed E-state index contributed by atoms with van der Waals surface area (Å²) in [4.78, 5) is 25.7. The first-order valence-electron chi connectivity index (χ1n) is 7.89. The molecule has 1 aliphatic rings. The summed E-state index contributed by atoms with van der Waals surface area (Å²) < 4.78 is 5.42. The maximum atomic E-state index is 12.2. The lowest BCUT2D eigenvalue weighted by Crippen LogP contribution is -2.40. The number of nitrogens with one attached hydrogen (secondary N) is 1. The van der Waals surface area contributed by atoms with Crippen molar-refractivity contribution in [2.45, 2.75) is 38.8 Å². The van der Waals surface area contributed by atoms with Crippen LogP contribution < -0.4 is 5.32 Å². The smallest absolute Gasteiger partial charge is 0.242 e. The minimum absolute atomic E-state index is 0.0155. The van der Waals surface area contributed by atoms with Crippen LogP contribution in [0, 0.1) is 0 Å². The van der Waals surface area contributed by atoms with Gasteiger partial charge in [0.25, 0.3) is 0 Å². The fraction of sp³-hybridized carbons (Fsp3) is 0.529. The van der Waals surface area contributed by atoms with E-state index >= 15 is 0 Å². The van der Waals surface area contributed by atoms with Gasteiger partial charge in [0.2, 0.25) is 11.8 Å². The second-order valence-corrected chi connectivity index (χ2v) is 5.51. The Morgan fingerprint density at radius 2 is 2.09 bits per heavy atom. The van der Waals surface area contributed by atoms with Crippen molar-refractivity contribution in [3.8, 4) is 0 Å². The lowest BCUT2D eigenvalue weighted by Gasteiger charge is -2.21. The topological polar surface area (TPSA) is 58.6 Å². The number of hydrogen-bond donors (Lipinski definition) is 1. The van der Waals surface area contributed by atoms with Gasteiger partial charge in [-0.15, -0.1) is 0 Å². The molecule has 22 heavy (non-hydrogen) atoms. The van der Waals surface area contributed by atoms with Gasteiger partial charge in [0.1, 0.15) is 0 Å². The zero-order valence-electron chi connectivity index (χ0n) is 13.1. The molecular weight excluding hydrogens is 280 g/mol. The fourth-order valence-electron chi connectivity index (χ4n) is 2.55. The summed E-state index contributed by atoms with van der Waals surface area (Å²) in [6.07, 6.45) is 2.30. The zero-order valence-corrected chi connectivity index (χ0v) is 13.1. The fourth-order valence-corrected chi connectivity index (χ4v) is 2.55. The lowest BCUT2D eigenvalue weighted by molar-refractivity contribution is -0.133. The van der Waals surface area contributed by atoms with Crippen molar-refractivity contribution in [3.63, 3.8) is 0 Å². The van der Waals surface area contributed by atoms with Crippen molar-refractivity contribution in [3.05, 3.63) is 35.9 Å². The van der Waals surface area contributed by atoms with Gasteiger partial charge in [-0.3, -0.25) is 9.59 Å². The molecule has 5 heteroatoms. The Labute approximate surface area is 131 Å². The highest BCUT2D eigenvalue weighted by Crippen LogP contribution is 2.14. The normalized spacial score (nSPS) is 17.2. The van der Waals surface area contributed by atoms with Crippen molar-refractivity contribution in [2.24, 2.45) is 0 Å². The molecule has 0 saturated carbocycles. The maximum Gasteiger partial charge on any atom is 0.242 e. The number of carbonyl (C=O) groups excluding carboxylic acids is 2. The summed E-state index contributed by atoms with van der Waals surface area (Å²) in [6.45, 7) is 3.91. The molecule has 0 bridgehead atoms. The summed E-state index contributed by atoms with van der Waals surface area (Å²) in [5.41, 5.74) is 1.09. The van der Waals surface area contributed by atoms with Gasteiger partial charge < -0.3 is 15.0 Å². The Balaban J connectivity index is 1.75. The van der Waals surface area contributed by atoms with Crippen LogP contribution in [0.5, 0.6) is 0 Å². The number of hydrogen-bond acceptors (Lipinski definition) is 3. The third-order valence-electron chi connectivity index (χ3n) is 3.82. The highest BCUT2D eigenvalue weighted by molar-refractivity contribution is 5.84. The Hall–Kier alpha value is -1.88. The van der Waals surface area contributed by atoms with Crippen LogP contribution in [0.3, 0.4) is 0 Å². The molecule has 0 aliphatic carbocycles. The predicted molar refractivity (Wildman–Crippen MR) is 84.1 cm³/mol. The highest BCUT2D eigenvalue weighted by atomic mass is 16.5. The van der Waals surface area contributed by atoms with Crippen molar-refractivity contribution < 1.29 is 14.3 Å². The summed E-state index contributed by atoms with van der Waals surface area (Å²) in [6, 6.07) is 9.85. The van der Waals surface area contributed by atoms with Gasteiger partial charge in [0.15, 0.2) is 0 Å². The Bertz CT molecular complexity index is 484. The average Bonchev–Trinajstić information content (AvgIpc) is 3.04. The molecule has 0 radical (unpaired) electrons. The van der Waals surface area contributed by atoms with Gasteiger partial charge in [-0.05, 0) is 25.3 Å². The number of rotatable bonds is 7. The van der Waals surface area contributed by atoms with Crippen LogP contribution in [-0.4, -0.2) is 42.5 Å². The van der Waals surface area contributed by atoms with E-state index in [2.05, 4.69) is 5.32 Å². The van der Waals surface area contributed by atoms with Crippen LogP contribution >= 0.6 is 0 Å². The lowest BCUT2D eigenvalue weighted by atomic mass is 10.2. The van der Waals surface area contributed by atoms with Crippen LogP contribution in [0.4, 0.5) is 0 Å². The molecule has 5 nitrogen and oxygen atoms in total. The molecule has 1 saturated heterocycles. The molecule has 0 unspecified atom stereocenters. The van der Waals surface area contributed by atoms with Gasteiger partial charge in [-0.2, -0.15) is 0 Å². The van der Waals surface area contributed by atoms with Crippen LogP contribution in [0.15, 0.2) is 30.3 Å². The van der Waals surface area contributed by atoms with Crippen LogP contribution in [0.2, 0.25) is 0 Å². The number of likely N-dealkylation sites (N-methyl/N-ethyl adjacent to an activating group) is 1. The van der Waals surface area contributed by atoms with E-state index in [1.807, 2.05) is 37.3 Å². The van der Waals surface area contributed by atoms with Crippen molar-refractivity contribution in [2.75, 3.05) is 19.7 Å². The van der Waals surface area contributed by atoms with Gasteiger partial charge in [0, 0.05) is 19.7 Å². The van der Waals surface area contributed by atoms with Crippen LogP contribution in [-0.2, 0) is 20.9 Å². The highest BCUT2D eigenvalue weighted by Gasteiger charge is 2.20. The van der Waals surface area contributed by atoms with Crippen LogP contribution in [0.1, 0.15) is 31.7 Å². The molecule has 2 amide bonds. The zero-order chi connectivity index (χ0) is 15.8. The second kappa shape index (κ2) is 8.54. The molecule has 1 fully saturated rings. The number of nitrogens with zero attached hydrogens (tertiary/aromatic N) is 1. The molecule has 0 aromatic heterocycles. The van der Waals surface area contributed by atoms with Crippen molar-refractivity contribution >= 4 is 11.8 Å². The number of carbonyl (C=O) groups is 2. The van der Waals surface area contributed by atoms with Gasteiger partial charge >= 0.3 is 0 Å². The quantitative estimate of drug-likeness (QED) is 0.834. The molecular formula is C17H24N2O3. The third kappa shape index (κ3) is 5.15. The second-order valence-electron chi connectivity index (χ2n) is 5.51. The standard InChI is InChI=1S/C17H24N2O3/c1-2-19(13-14-7-4-3-5-8-14)17(21)12-18-16(20)11-15-9-6-10-22-15/h3-5,7-8,15H,2,6,9-13H2,1H3,(H,18,20)/t15-/m1/s1. The van der Waals surface area contributed by atoms with Crippen molar-refractivity contribution in [1.82, 2.24) is 10.2 Å². The first-order valence-corrected chi connectivity index (χ1v) is 7.89. The summed E-state index contributed by atoms with van der Waals surface area (Å²) >= 11 is 0. The van der Waals surface area contributed by atoms with E-state index in [-0.39, 0.29) is 24.5 Å². The van der Waals surface area contributed by atoms with Gasteiger partial charge in [0.05, 0.1) is 19.1 Å². The molecule has 0 spiro atoms. The Kier molecular flexibility index (Phi) is 6.40. The molecule has 2 rings (SSSR count). The monoisotopic (exact) mass is 304 g/mol. The molecule has 1 aliphatic heterocycles. The molecule has 1 atom stereocenters. The third-order valence-corrected chi connectivity index (χ3v) is 3.82. The van der Waals surface area contributed by atoms with E-state index in [1.165, 1.54) is 0 Å². The Morgan fingerprint density at radius 3 is 2.73 bits per heavy atom. The maximum absolute atomic E-state index is 12.2. The number of amides is 2. The van der Waals surface area contributed by atoms with Crippen molar-refractivity contribution in [1.29, 1.82) is 0 Å². The molecule has 1 N–H and O–H groups in total. The summed E-state index contributed by atoms with van der Waals surface area (Å²) in [7, 11) is 0. The van der Waals surface area contributed by atoms with Crippen LogP contribution in [0.25, 0.3) is 0 Å². The van der Waals surface area contributed by atoms with E-state index in [0.29, 0.717) is 19.5 Å². The molecule has 1 aromatic rings.